The Hall–Kier alpha value is -1.31. The molecule has 1 heterocycles. The predicted octanol–water partition coefficient (Wildman–Crippen LogP) is -0.903. The highest BCUT2D eigenvalue weighted by Crippen LogP contribution is 2.12. The molecule has 0 aromatic heterocycles. The SMILES string of the molecule is O=C(NCC(F)(F)F)C(=O)N1CCNCC1. The molecule has 1 saturated heterocycles. The van der Waals surface area contributed by atoms with Gasteiger partial charge in [0, 0.05) is 26.2 Å². The molecular formula is C8H12F3N3O2. The lowest BCUT2D eigenvalue weighted by Crippen LogP contribution is -2.52. The summed E-state index contributed by atoms with van der Waals surface area (Å²) in [5.41, 5.74) is 0. The molecule has 16 heavy (non-hydrogen) atoms. The van der Waals surface area contributed by atoms with E-state index in [1.807, 2.05) is 0 Å². The van der Waals surface area contributed by atoms with Crippen LogP contribution in [0.1, 0.15) is 0 Å². The van der Waals surface area contributed by atoms with Gasteiger partial charge >= 0.3 is 18.0 Å². The Kier molecular flexibility index (Phi) is 4.11. The van der Waals surface area contributed by atoms with Gasteiger partial charge in [-0.05, 0) is 0 Å². The number of alkyl halides is 3. The number of carbonyl (C=O) groups excluding carboxylic acids is 2. The molecule has 1 aliphatic heterocycles. The number of carbonyl (C=O) groups is 2. The number of hydrogen-bond acceptors (Lipinski definition) is 3. The first kappa shape index (κ1) is 12.8. The fourth-order valence-corrected chi connectivity index (χ4v) is 1.27. The van der Waals surface area contributed by atoms with Gasteiger partial charge in [0.1, 0.15) is 6.54 Å². The second-order valence-corrected chi connectivity index (χ2v) is 3.34. The number of nitrogens with one attached hydrogen (secondary N) is 2. The minimum absolute atomic E-state index is 0.332. The van der Waals surface area contributed by atoms with Crippen LogP contribution in [0.3, 0.4) is 0 Å². The van der Waals surface area contributed by atoms with E-state index >= 15 is 0 Å². The number of piperazine rings is 1. The topological polar surface area (TPSA) is 61.4 Å². The number of hydrogen-bond donors (Lipinski definition) is 2. The molecule has 0 saturated carbocycles. The standard InChI is InChI=1S/C8H12F3N3O2/c9-8(10,11)5-13-6(15)7(16)14-3-1-12-2-4-14/h12H,1-5H2,(H,13,15). The smallest absolute Gasteiger partial charge is 0.339 e. The van der Waals surface area contributed by atoms with Crippen LogP contribution in [0.2, 0.25) is 0 Å². The normalized spacial score (nSPS) is 17.1. The first-order valence-electron chi connectivity index (χ1n) is 4.75. The summed E-state index contributed by atoms with van der Waals surface area (Å²) in [4.78, 5) is 23.6. The molecule has 5 nitrogen and oxygen atoms in total. The van der Waals surface area contributed by atoms with Crippen LogP contribution in [0.15, 0.2) is 0 Å². The third-order valence-electron chi connectivity index (χ3n) is 2.05. The van der Waals surface area contributed by atoms with Crippen LogP contribution in [-0.4, -0.2) is 55.6 Å². The van der Waals surface area contributed by atoms with Gasteiger partial charge in [0.25, 0.3) is 0 Å². The summed E-state index contributed by atoms with van der Waals surface area (Å²) in [5, 5.41) is 4.50. The van der Waals surface area contributed by atoms with Crippen LogP contribution in [0.25, 0.3) is 0 Å². The largest absolute Gasteiger partial charge is 0.405 e. The van der Waals surface area contributed by atoms with E-state index < -0.39 is 24.5 Å². The molecule has 0 unspecified atom stereocenters. The van der Waals surface area contributed by atoms with Gasteiger partial charge in [-0.2, -0.15) is 13.2 Å². The summed E-state index contributed by atoms with van der Waals surface area (Å²) in [6.45, 7) is 0.261. The first-order valence-corrected chi connectivity index (χ1v) is 4.75. The summed E-state index contributed by atoms with van der Waals surface area (Å²) in [7, 11) is 0. The summed E-state index contributed by atoms with van der Waals surface area (Å²) in [5.74, 6) is -2.12. The number of rotatable bonds is 1. The van der Waals surface area contributed by atoms with Gasteiger partial charge in [-0.1, -0.05) is 0 Å². The molecule has 0 spiro atoms. The van der Waals surface area contributed by atoms with Crippen molar-refractivity contribution in [2.45, 2.75) is 6.18 Å². The molecule has 2 amide bonds. The van der Waals surface area contributed by atoms with E-state index in [9.17, 15) is 22.8 Å². The fraction of sp³-hybridized carbons (Fsp3) is 0.750. The van der Waals surface area contributed by atoms with Crippen molar-refractivity contribution in [3.05, 3.63) is 0 Å². The van der Waals surface area contributed by atoms with Crippen LogP contribution in [0.4, 0.5) is 13.2 Å². The molecule has 8 heteroatoms. The Morgan fingerprint density at radius 1 is 1.25 bits per heavy atom. The predicted molar refractivity (Wildman–Crippen MR) is 48.5 cm³/mol. The second-order valence-electron chi connectivity index (χ2n) is 3.34. The Labute approximate surface area is 90.0 Å². The summed E-state index contributed by atoms with van der Waals surface area (Å²) >= 11 is 0. The molecule has 92 valence electrons. The van der Waals surface area contributed by atoms with Crippen molar-refractivity contribution in [1.29, 1.82) is 0 Å². The van der Waals surface area contributed by atoms with Crippen molar-refractivity contribution >= 4 is 11.8 Å². The van der Waals surface area contributed by atoms with Gasteiger partial charge in [0.05, 0.1) is 0 Å². The second kappa shape index (κ2) is 5.15. The minimum Gasteiger partial charge on any atom is -0.339 e. The molecule has 0 aromatic rings. The van der Waals surface area contributed by atoms with Crippen LogP contribution < -0.4 is 10.6 Å². The molecule has 1 fully saturated rings. The molecule has 0 atom stereocenters. The molecule has 1 rings (SSSR count). The van der Waals surface area contributed by atoms with Gasteiger partial charge in [-0.25, -0.2) is 0 Å². The highest BCUT2D eigenvalue weighted by Gasteiger charge is 2.30. The van der Waals surface area contributed by atoms with Crippen LogP contribution in [0.5, 0.6) is 0 Å². The fourth-order valence-electron chi connectivity index (χ4n) is 1.27. The molecule has 0 bridgehead atoms. The number of halogens is 3. The Morgan fingerprint density at radius 3 is 2.31 bits per heavy atom. The van der Waals surface area contributed by atoms with E-state index in [0.29, 0.717) is 26.2 Å². The van der Waals surface area contributed by atoms with Crippen LogP contribution >= 0.6 is 0 Å². The zero-order valence-corrected chi connectivity index (χ0v) is 8.43. The van der Waals surface area contributed by atoms with E-state index in [1.54, 1.807) is 5.32 Å². The van der Waals surface area contributed by atoms with Crippen molar-refractivity contribution in [2.75, 3.05) is 32.7 Å². The molecule has 0 radical (unpaired) electrons. The van der Waals surface area contributed by atoms with Gasteiger partial charge in [-0.3, -0.25) is 9.59 Å². The van der Waals surface area contributed by atoms with Gasteiger partial charge in [0.2, 0.25) is 0 Å². The zero-order chi connectivity index (χ0) is 12.2. The molecule has 0 aromatic carbocycles. The average molecular weight is 239 g/mol. The van der Waals surface area contributed by atoms with E-state index in [0.717, 1.165) is 0 Å². The molecular weight excluding hydrogens is 227 g/mol. The Morgan fingerprint density at radius 2 is 1.81 bits per heavy atom. The average Bonchev–Trinajstić information content (AvgIpc) is 2.25. The molecule has 1 aliphatic rings. The minimum atomic E-state index is -4.50. The highest BCUT2D eigenvalue weighted by atomic mass is 19.4. The van der Waals surface area contributed by atoms with Crippen LogP contribution in [-0.2, 0) is 9.59 Å². The maximum absolute atomic E-state index is 11.8. The third-order valence-corrected chi connectivity index (χ3v) is 2.05. The number of amides is 2. The Balaban J connectivity index is 2.38. The maximum atomic E-state index is 11.8. The van der Waals surface area contributed by atoms with E-state index in [-0.39, 0.29) is 0 Å². The summed E-state index contributed by atoms with van der Waals surface area (Å²) in [6.07, 6.45) is -4.50. The van der Waals surface area contributed by atoms with Crippen molar-refractivity contribution in [2.24, 2.45) is 0 Å². The number of nitrogens with zero attached hydrogens (tertiary/aromatic N) is 1. The van der Waals surface area contributed by atoms with E-state index in [2.05, 4.69) is 5.32 Å². The zero-order valence-electron chi connectivity index (χ0n) is 8.43. The quantitative estimate of drug-likeness (QED) is 0.583. The van der Waals surface area contributed by atoms with Crippen molar-refractivity contribution < 1.29 is 22.8 Å². The molecule has 2 N–H and O–H groups in total. The Bertz CT molecular complexity index is 274. The van der Waals surface area contributed by atoms with Crippen molar-refractivity contribution in [1.82, 2.24) is 15.5 Å². The van der Waals surface area contributed by atoms with Crippen LogP contribution in [0, 0.1) is 0 Å². The van der Waals surface area contributed by atoms with Crippen molar-refractivity contribution in [3.8, 4) is 0 Å². The van der Waals surface area contributed by atoms with Gasteiger partial charge in [0.15, 0.2) is 0 Å². The lowest BCUT2D eigenvalue weighted by atomic mass is 10.3. The lowest BCUT2D eigenvalue weighted by Gasteiger charge is -2.26. The summed E-state index contributed by atoms with van der Waals surface area (Å²) < 4.78 is 35.3. The molecule has 0 aliphatic carbocycles. The van der Waals surface area contributed by atoms with Crippen molar-refractivity contribution in [3.63, 3.8) is 0 Å². The third kappa shape index (κ3) is 4.05. The monoisotopic (exact) mass is 239 g/mol. The van der Waals surface area contributed by atoms with Gasteiger partial charge in [-0.15, -0.1) is 0 Å². The highest BCUT2D eigenvalue weighted by molar-refractivity contribution is 6.35. The first-order chi connectivity index (χ1) is 7.40. The summed E-state index contributed by atoms with van der Waals surface area (Å²) in [6, 6.07) is 0. The maximum Gasteiger partial charge on any atom is 0.405 e. The van der Waals surface area contributed by atoms with E-state index in [4.69, 9.17) is 0 Å². The lowest BCUT2D eigenvalue weighted by molar-refractivity contribution is -0.151. The van der Waals surface area contributed by atoms with Gasteiger partial charge < -0.3 is 15.5 Å². The van der Waals surface area contributed by atoms with E-state index in [1.165, 1.54) is 4.90 Å².